The van der Waals surface area contributed by atoms with E-state index in [0.29, 0.717) is 5.88 Å². The summed E-state index contributed by atoms with van der Waals surface area (Å²) in [7, 11) is -3.85. The van der Waals surface area contributed by atoms with E-state index in [-0.39, 0.29) is 17.4 Å². The quantitative estimate of drug-likeness (QED) is 0.553. The van der Waals surface area contributed by atoms with E-state index in [2.05, 4.69) is 15.0 Å². The molecule has 3 aromatic rings. The van der Waals surface area contributed by atoms with E-state index in [1.807, 2.05) is 32.0 Å². The molecule has 0 spiro atoms. The number of aryl methyl sites for hydroxylation is 2. The summed E-state index contributed by atoms with van der Waals surface area (Å²) < 4.78 is 38.2. The van der Waals surface area contributed by atoms with Gasteiger partial charge in [-0.1, -0.05) is 18.2 Å². The zero-order valence-electron chi connectivity index (χ0n) is 18.7. The summed E-state index contributed by atoms with van der Waals surface area (Å²) in [5.74, 6) is 0.559. The fourth-order valence-corrected chi connectivity index (χ4v) is 4.17. The molecule has 0 atom stereocenters. The summed E-state index contributed by atoms with van der Waals surface area (Å²) in [5.41, 5.74) is 2.18. The summed E-state index contributed by atoms with van der Waals surface area (Å²) in [6, 6.07) is 12.0. The first-order valence-electron chi connectivity index (χ1n) is 10.0. The molecule has 0 saturated carbocycles. The number of nitrogens with one attached hydrogen (secondary N) is 2. The molecule has 0 radical (unpaired) electrons. The molecule has 32 heavy (non-hydrogen) atoms. The maximum atomic E-state index is 12.4. The topological polar surface area (TPSA) is 111 Å². The van der Waals surface area contributed by atoms with Crippen LogP contribution in [0.5, 0.6) is 11.6 Å². The number of ether oxygens (including phenoxy) is 1. The van der Waals surface area contributed by atoms with E-state index in [0.717, 1.165) is 22.4 Å². The number of nitrogens with zero attached hydrogens (tertiary/aromatic N) is 1. The molecule has 0 aliphatic heterocycles. The SMILES string of the molecule is Cc1ccc(C)c(Oc2ccc(CNC(=O)c3ccc(S(=O)(=O)NC(C)(C)C)o3)cn2)c1. The number of rotatable bonds is 7. The van der Waals surface area contributed by atoms with Crippen LogP contribution in [0.15, 0.2) is 58.2 Å². The van der Waals surface area contributed by atoms with Crippen molar-refractivity contribution in [2.24, 2.45) is 0 Å². The lowest BCUT2D eigenvalue weighted by Gasteiger charge is -2.18. The molecule has 9 heteroatoms. The number of pyridine rings is 1. The van der Waals surface area contributed by atoms with E-state index < -0.39 is 21.5 Å². The van der Waals surface area contributed by atoms with Gasteiger partial charge in [-0.25, -0.2) is 18.1 Å². The number of carbonyl (C=O) groups excluding carboxylic acids is 1. The second kappa shape index (κ2) is 9.13. The van der Waals surface area contributed by atoms with Gasteiger partial charge in [0, 0.05) is 24.3 Å². The maximum absolute atomic E-state index is 12.4. The number of amides is 1. The Bertz CT molecular complexity index is 1210. The van der Waals surface area contributed by atoms with Gasteiger partial charge in [-0.15, -0.1) is 0 Å². The van der Waals surface area contributed by atoms with E-state index in [1.165, 1.54) is 12.1 Å². The van der Waals surface area contributed by atoms with Gasteiger partial charge in [-0.3, -0.25) is 4.79 Å². The highest BCUT2D eigenvalue weighted by atomic mass is 32.2. The summed E-state index contributed by atoms with van der Waals surface area (Å²) in [6.07, 6.45) is 1.60. The van der Waals surface area contributed by atoms with E-state index in [1.54, 1.807) is 39.1 Å². The lowest BCUT2D eigenvalue weighted by molar-refractivity contribution is 0.0917. The second-order valence-corrected chi connectivity index (χ2v) is 10.1. The average molecular weight is 458 g/mol. The smallest absolute Gasteiger partial charge is 0.287 e. The van der Waals surface area contributed by atoms with Crippen LogP contribution in [0.25, 0.3) is 0 Å². The fraction of sp³-hybridized carbons (Fsp3) is 0.304. The third-order valence-electron chi connectivity index (χ3n) is 4.32. The Kier molecular flexibility index (Phi) is 6.71. The van der Waals surface area contributed by atoms with Crippen LogP contribution in [-0.2, 0) is 16.6 Å². The van der Waals surface area contributed by atoms with E-state index in [4.69, 9.17) is 9.15 Å². The number of benzene rings is 1. The van der Waals surface area contributed by atoms with Gasteiger partial charge >= 0.3 is 0 Å². The molecule has 2 aromatic heterocycles. The normalized spacial score (nSPS) is 11.9. The monoisotopic (exact) mass is 457 g/mol. The Hall–Kier alpha value is -3.17. The summed E-state index contributed by atoms with van der Waals surface area (Å²) in [4.78, 5) is 16.6. The van der Waals surface area contributed by atoms with Gasteiger partial charge in [0.15, 0.2) is 5.76 Å². The predicted molar refractivity (Wildman–Crippen MR) is 120 cm³/mol. The molecule has 170 valence electrons. The Labute approximate surface area is 188 Å². The fourth-order valence-electron chi connectivity index (χ4n) is 2.82. The summed E-state index contributed by atoms with van der Waals surface area (Å²) in [5, 5.41) is 2.37. The molecule has 8 nitrogen and oxygen atoms in total. The molecule has 2 heterocycles. The van der Waals surface area contributed by atoms with Gasteiger partial charge in [0.25, 0.3) is 15.9 Å². The Balaban J connectivity index is 1.60. The summed E-state index contributed by atoms with van der Waals surface area (Å²) in [6.45, 7) is 9.29. The third-order valence-corrected chi connectivity index (χ3v) is 5.95. The number of hydrogen-bond acceptors (Lipinski definition) is 6. The Morgan fingerprint density at radius 1 is 1.09 bits per heavy atom. The number of aromatic nitrogens is 1. The second-order valence-electron chi connectivity index (χ2n) is 8.53. The number of hydrogen-bond donors (Lipinski definition) is 2. The molecule has 0 unspecified atom stereocenters. The molecule has 0 aliphatic carbocycles. The van der Waals surface area contributed by atoms with Crippen molar-refractivity contribution in [3.05, 3.63) is 71.1 Å². The van der Waals surface area contributed by atoms with Crippen LogP contribution in [-0.4, -0.2) is 24.8 Å². The zero-order valence-corrected chi connectivity index (χ0v) is 19.5. The highest BCUT2D eigenvalue weighted by molar-refractivity contribution is 7.89. The van der Waals surface area contributed by atoms with Crippen molar-refractivity contribution in [3.8, 4) is 11.6 Å². The minimum Gasteiger partial charge on any atom is -0.439 e. The van der Waals surface area contributed by atoms with Crippen molar-refractivity contribution in [2.75, 3.05) is 0 Å². The van der Waals surface area contributed by atoms with Crippen LogP contribution in [0.3, 0.4) is 0 Å². The Morgan fingerprint density at radius 2 is 1.84 bits per heavy atom. The molecular formula is C23H27N3O5S. The van der Waals surface area contributed by atoms with Gasteiger partial charge in [-0.05, 0) is 69.5 Å². The number of carbonyl (C=O) groups is 1. The molecule has 0 saturated heterocycles. The van der Waals surface area contributed by atoms with Gasteiger partial charge in [-0.2, -0.15) is 0 Å². The molecule has 0 bridgehead atoms. The van der Waals surface area contributed by atoms with Gasteiger partial charge in [0.05, 0.1) is 0 Å². The first kappa shape index (κ1) is 23.5. The molecule has 2 N–H and O–H groups in total. The molecule has 1 aromatic carbocycles. The minimum atomic E-state index is -3.85. The maximum Gasteiger partial charge on any atom is 0.287 e. The van der Waals surface area contributed by atoms with Crippen molar-refractivity contribution < 1.29 is 22.4 Å². The van der Waals surface area contributed by atoms with Crippen LogP contribution >= 0.6 is 0 Å². The molecular weight excluding hydrogens is 430 g/mol. The predicted octanol–water partition coefficient (Wildman–Crippen LogP) is 4.09. The zero-order chi connectivity index (χ0) is 23.5. The van der Waals surface area contributed by atoms with Crippen LogP contribution in [0.4, 0.5) is 0 Å². The van der Waals surface area contributed by atoms with Crippen LogP contribution in [0, 0.1) is 13.8 Å². The van der Waals surface area contributed by atoms with Crippen molar-refractivity contribution in [3.63, 3.8) is 0 Å². The molecule has 0 fully saturated rings. The van der Waals surface area contributed by atoms with Crippen LogP contribution in [0.2, 0.25) is 0 Å². The first-order valence-corrected chi connectivity index (χ1v) is 11.5. The number of furan rings is 1. The summed E-state index contributed by atoms with van der Waals surface area (Å²) >= 11 is 0. The lowest BCUT2D eigenvalue weighted by Crippen LogP contribution is -2.40. The van der Waals surface area contributed by atoms with E-state index >= 15 is 0 Å². The first-order chi connectivity index (χ1) is 14.9. The van der Waals surface area contributed by atoms with Gasteiger partial charge < -0.3 is 14.5 Å². The van der Waals surface area contributed by atoms with Crippen molar-refractivity contribution in [1.82, 2.24) is 15.0 Å². The van der Waals surface area contributed by atoms with E-state index in [9.17, 15) is 13.2 Å². The molecule has 0 aliphatic rings. The average Bonchev–Trinajstić information content (AvgIpc) is 3.20. The Morgan fingerprint density at radius 3 is 2.50 bits per heavy atom. The van der Waals surface area contributed by atoms with Gasteiger partial charge in [0.1, 0.15) is 5.75 Å². The molecule has 1 amide bonds. The van der Waals surface area contributed by atoms with Crippen LogP contribution < -0.4 is 14.8 Å². The van der Waals surface area contributed by atoms with Crippen molar-refractivity contribution in [1.29, 1.82) is 0 Å². The number of sulfonamides is 1. The lowest BCUT2D eigenvalue weighted by atomic mass is 10.1. The van der Waals surface area contributed by atoms with Crippen molar-refractivity contribution >= 4 is 15.9 Å². The standard InChI is InChI=1S/C23H27N3O5S/c1-15-6-7-16(2)19(12-15)30-20-10-8-17(13-24-20)14-25-22(27)18-9-11-21(31-18)32(28,29)26-23(3,4)5/h6-13,26H,14H2,1-5H3,(H,25,27). The van der Waals surface area contributed by atoms with Crippen LogP contribution in [0.1, 0.15) is 48.0 Å². The highest BCUT2D eigenvalue weighted by Crippen LogP contribution is 2.24. The highest BCUT2D eigenvalue weighted by Gasteiger charge is 2.26. The molecule has 3 rings (SSSR count). The largest absolute Gasteiger partial charge is 0.439 e. The van der Waals surface area contributed by atoms with Gasteiger partial charge in [0.2, 0.25) is 11.0 Å². The minimum absolute atomic E-state index is 0.0953. The third kappa shape index (κ3) is 6.18. The van der Waals surface area contributed by atoms with Crippen molar-refractivity contribution in [2.45, 2.75) is 51.8 Å².